The Bertz CT molecular complexity index is 1720. The molecule has 52 heavy (non-hydrogen) atoms. The standard InChI is InChI=1S/C38H44Cl2F3N5O4/c1-4-52-32-20-26(38(41,42)43)9-14-31(32)36-46-34(24-5-10-27(39)11-6-24)35(25-7-12-28(40)13-8-25)48(36)37(51)47(30-15-17-44-18-16-30)21-33(50)45-29(22-49)19-23(2)3/h5-14,20,23,29-30,34-35,44,49H,4,15-19,21-22H2,1-3H3,(H,45,50). The van der Waals surface area contributed by atoms with Crippen molar-refractivity contribution in [3.63, 3.8) is 0 Å². The smallest absolute Gasteiger partial charge is 0.416 e. The lowest BCUT2D eigenvalue weighted by Crippen LogP contribution is -2.56. The van der Waals surface area contributed by atoms with Crippen molar-refractivity contribution in [1.29, 1.82) is 0 Å². The average Bonchev–Trinajstić information content (AvgIpc) is 3.51. The zero-order chi connectivity index (χ0) is 37.6. The molecule has 3 aromatic carbocycles. The summed E-state index contributed by atoms with van der Waals surface area (Å²) in [5.41, 5.74) is 0.638. The van der Waals surface area contributed by atoms with Gasteiger partial charge in [0.1, 0.15) is 24.2 Å². The molecule has 3 atom stereocenters. The number of aliphatic hydroxyl groups excluding tert-OH is 1. The number of aliphatic imine (C=N–C) groups is 1. The summed E-state index contributed by atoms with van der Waals surface area (Å²) < 4.78 is 47.6. The predicted octanol–water partition coefficient (Wildman–Crippen LogP) is 7.65. The molecule has 2 heterocycles. The second kappa shape index (κ2) is 17.3. The summed E-state index contributed by atoms with van der Waals surface area (Å²) in [5.74, 6) is -0.233. The summed E-state index contributed by atoms with van der Waals surface area (Å²) >= 11 is 12.6. The van der Waals surface area contributed by atoms with E-state index in [1.807, 2.05) is 13.8 Å². The van der Waals surface area contributed by atoms with Gasteiger partial charge in [-0.25, -0.2) is 4.79 Å². The van der Waals surface area contributed by atoms with E-state index in [0.717, 1.165) is 12.1 Å². The summed E-state index contributed by atoms with van der Waals surface area (Å²) in [6.07, 6.45) is -2.98. The maximum absolute atomic E-state index is 15.3. The number of halogens is 5. The summed E-state index contributed by atoms with van der Waals surface area (Å²) in [5, 5.41) is 17.1. The molecule has 0 spiro atoms. The maximum Gasteiger partial charge on any atom is 0.416 e. The lowest BCUT2D eigenvalue weighted by Gasteiger charge is -2.39. The van der Waals surface area contributed by atoms with E-state index in [1.165, 1.54) is 15.9 Å². The summed E-state index contributed by atoms with van der Waals surface area (Å²) in [4.78, 5) is 37.1. The van der Waals surface area contributed by atoms with Crippen LogP contribution in [0, 0.1) is 5.92 Å². The van der Waals surface area contributed by atoms with Gasteiger partial charge in [-0.1, -0.05) is 61.3 Å². The predicted molar refractivity (Wildman–Crippen MR) is 196 cm³/mol. The van der Waals surface area contributed by atoms with Crippen molar-refractivity contribution in [3.8, 4) is 5.75 Å². The van der Waals surface area contributed by atoms with Crippen molar-refractivity contribution in [2.75, 3.05) is 32.8 Å². The Morgan fingerprint density at radius 3 is 2.19 bits per heavy atom. The largest absolute Gasteiger partial charge is 0.493 e. The molecule has 1 fully saturated rings. The topological polar surface area (TPSA) is 106 Å². The number of piperidine rings is 1. The number of hydrogen-bond acceptors (Lipinski definition) is 6. The van der Waals surface area contributed by atoms with Crippen LogP contribution in [0.4, 0.5) is 18.0 Å². The maximum atomic E-state index is 15.3. The van der Waals surface area contributed by atoms with E-state index in [0.29, 0.717) is 53.5 Å². The highest BCUT2D eigenvalue weighted by Gasteiger charge is 2.46. The van der Waals surface area contributed by atoms with E-state index in [-0.39, 0.29) is 48.9 Å². The molecule has 3 N–H and O–H groups in total. The second-order valence-electron chi connectivity index (χ2n) is 13.4. The minimum atomic E-state index is -4.64. The van der Waals surface area contributed by atoms with Crippen LogP contribution in [0.15, 0.2) is 71.7 Å². The molecular weight excluding hydrogens is 718 g/mol. The Labute approximate surface area is 312 Å². The van der Waals surface area contributed by atoms with Gasteiger partial charge in [0, 0.05) is 16.1 Å². The molecule has 3 aromatic rings. The van der Waals surface area contributed by atoms with Gasteiger partial charge in [0.15, 0.2) is 0 Å². The number of nitrogens with zero attached hydrogens (tertiary/aromatic N) is 3. The third-order valence-corrected chi connectivity index (χ3v) is 9.70. The Morgan fingerprint density at radius 2 is 1.63 bits per heavy atom. The molecule has 0 radical (unpaired) electrons. The number of hydrogen-bond donors (Lipinski definition) is 3. The highest BCUT2D eigenvalue weighted by molar-refractivity contribution is 6.30. The number of rotatable bonds is 12. The lowest BCUT2D eigenvalue weighted by molar-refractivity contribution is -0.137. The first-order valence-corrected chi connectivity index (χ1v) is 18.2. The molecule has 9 nitrogen and oxygen atoms in total. The zero-order valence-electron chi connectivity index (χ0n) is 29.3. The van der Waals surface area contributed by atoms with Crippen molar-refractivity contribution in [1.82, 2.24) is 20.4 Å². The van der Waals surface area contributed by atoms with Gasteiger partial charge in [0.25, 0.3) is 0 Å². The van der Waals surface area contributed by atoms with Gasteiger partial charge in [-0.3, -0.25) is 14.7 Å². The first-order valence-electron chi connectivity index (χ1n) is 17.4. The van der Waals surface area contributed by atoms with Gasteiger partial charge < -0.3 is 25.4 Å². The first-order chi connectivity index (χ1) is 24.8. The molecule has 280 valence electrons. The van der Waals surface area contributed by atoms with Crippen LogP contribution in [0.1, 0.15) is 74.4 Å². The van der Waals surface area contributed by atoms with Gasteiger partial charge in [-0.15, -0.1) is 0 Å². The number of ether oxygens (including phenoxy) is 1. The van der Waals surface area contributed by atoms with Crippen LogP contribution >= 0.6 is 23.2 Å². The minimum absolute atomic E-state index is 0.0561. The summed E-state index contributed by atoms with van der Waals surface area (Å²) in [6, 6.07) is 14.1. The number of nitrogens with one attached hydrogen (secondary N) is 2. The highest BCUT2D eigenvalue weighted by Crippen LogP contribution is 2.46. The fraction of sp³-hybridized carbons (Fsp3) is 0.447. The fourth-order valence-electron chi connectivity index (χ4n) is 6.80. The third-order valence-electron chi connectivity index (χ3n) is 9.20. The fourth-order valence-corrected chi connectivity index (χ4v) is 7.05. The Hall–Kier alpha value is -3.84. The van der Waals surface area contributed by atoms with Gasteiger partial charge >= 0.3 is 12.2 Å². The Kier molecular flexibility index (Phi) is 13.1. The molecule has 0 saturated carbocycles. The van der Waals surface area contributed by atoms with E-state index in [9.17, 15) is 23.1 Å². The molecule has 14 heteroatoms. The van der Waals surface area contributed by atoms with Gasteiger partial charge in [-0.05, 0) is 98.8 Å². The zero-order valence-corrected chi connectivity index (χ0v) is 30.8. The SMILES string of the molecule is CCOc1cc(C(F)(F)F)ccc1C1=NC(c2ccc(Cl)cc2)C(c2ccc(Cl)cc2)N1C(=O)N(CC(=O)NC(CO)CC(C)C)C1CCNCC1. The summed E-state index contributed by atoms with van der Waals surface area (Å²) in [7, 11) is 0. The van der Waals surface area contributed by atoms with Gasteiger partial charge in [0.2, 0.25) is 5.91 Å². The Balaban J connectivity index is 1.68. The Morgan fingerprint density at radius 1 is 1.02 bits per heavy atom. The quantitative estimate of drug-likeness (QED) is 0.176. The summed E-state index contributed by atoms with van der Waals surface area (Å²) in [6.45, 7) is 6.35. The van der Waals surface area contributed by atoms with E-state index < -0.39 is 41.8 Å². The van der Waals surface area contributed by atoms with Crippen LogP contribution in [-0.2, 0) is 11.0 Å². The molecule has 2 aliphatic heterocycles. The van der Waals surface area contributed by atoms with Gasteiger partial charge in [-0.2, -0.15) is 13.2 Å². The molecule has 5 rings (SSSR count). The van der Waals surface area contributed by atoms with E-state index in [2.05, 4.69) is 10.6 Å². The number of benzene rings is 3. The average molecular weight is 763 g/mol. The van der Waals surface area contributed by atoms with Crippen molar-refractivity contribution in [2.24, 2.45) is 10.9 Å². The number of alkyl halides is 3. The molecule has 0 bridgehead atoms. The minimum Gasteiger partial charge on any atom is -0.493 e. The van der Waals surface area contributed by atoms with E-state index in [1.54, 1.807) is 55.5 Å². The molecule has 1 saturated heterocycles. The molecule has 3 amide bonds. The van der Waals surface area contributed by atoms with Crippen LogP contribution in [0.2, 0.25) is 10.0 Å². The number of amidine groups is 1. The molecule has 0 aliphatic carbocycles. The first kappa shape index (κ1) is 39.4. The van der Waals surface area contributed by atoms with Gasteiger partial charge in [0.05, 0.1) is 36.4 Å². The normalized spacial score (nSPS) is 18.7. The second-order valence-corrected chi connectivity index (χ2v) is 14.3. The van der Waals surface area contributed by atoms with Crippen molar-refractivity contribution >= 4 is 41.0 Å². The van der Waals surface area contributed by atoms with Crippen molar-refractivity contribution < 1.29 is 32.6 Å². The highest BCUT2D eigenvalue weighted by atomic mass is 35.5. The number of carbonyl (C=O) groups is 2. The monoisotopic (exact) mass is 761 g/mol. The number of aliphatic hydroxyl groups is 1. The van der Waals surface area contributed by atoms with Crippen molar-refractivity contribution in [2.45, 2.75) is 70.4 Å². The molecule has 3 unspecified atom stereocenters. The van der Waals surface area contributed by atoms with Crippen LogP contribution in [-0.4, -0.2) is 77.6 Å². The molecule has 0 aromatic heterocycles. The number of carbonyl (C=O) groups excluding carboxylic acids is 2. The van der Waals surface area contributed by atoms with Crippen LogP contribution in [0.25, 0.3) is 0 Å². The van der Waals surface area contributed by atoms with Crippen LogP contribution in [0.3, 0.4) is 0 Å². The third kappa shape index (κ3) is 9.38. The molecule has 2 aliphatic rings. The van der Waals surface area contributed by atoms with Crippen LogP contribution < -0.4 is 15.4 Å². The van der Waals surface area contributed by atoms with Crippen molar-refractivity contribution in [3.05, 3.63) is 99.0 Å². The number of amides is 3. The lowest BCUT2D eigenvalue weighted by atomic mass is 9.93. The van der Waals surface area contributed by atoms with Crippen LogP contribution in [0.5, 0.6) is 5.75 Å². The van der Waals surface area contributed by atoms with E-state index in [4.69, 9.17) is 32.9 Å². The number of urea groups is 1. The molecular formula is C38H44Cl2F3N5O4. The van der Waals surface area contributed by atoms with E-state index >= 15 is 4.79 Å².